The Kier molecular flexibility index (Phi) is 8.65. The quantitative estimate of drug-likeness (QED) is 0.151. The van der Waals surface area contributed by atoms with Crippen molar-refractivity contribution in [3.05, 3.63) is 101 Å². The van der Waals surface area contributed by atoms with Gasteiger partial charge in [-0.1, -0.05) is 30.9 Å². The third kappa shape index (κ3) is 7.46. The van der Waals surface area contributed by atoms with Crippen LogP contribution in [0.4, 0.5) is 5.69 Å². The van der Waals surface area contributed by atoms with Gasteiger partial charge >= 0.3 is 5.97 Å². The second-order valence-corrected chi connectivity index (χ2v) is 11.0. The van der Waals surface area contributed by atoms with E-state index in [2.05, 4.69) is 37.8 Å². The number of esters is 1. The van der Waals surface area contributed by atoms with Crippen LogP contribution in [-0.2, 0) is 21.5 Å². The van der Waals surface area contributed by atoms with E-state index < -0.39 is 21.6 Å². The molecule has 208 valence electrons. The van der Waals surface area contributed by atoms with Gasteiger partial charge in [0.1, 0.15) is 11.4 Å². The highest BCUT2D eigenvalue weighted by atomic mass is 32.2. The standard InChI is InChI=1S/C30H27N5O5S/c1-5-28(36)40-25-10-7-11-26(17-25)41(4,39)34-29(37)23-15-22(18-31-19-23)13-12-21-8-6-9-24(16-21)32-30(38)27-14-20(2)33-35(27)3/h6-11,14-19H,4-5H2,1-3H3,(H,32,38)(H,34,37,39). The first-order valence-corrected chi connectivity index (χ1v) is 14.2. The predicted molar refractivity (Wildman–Crippen MR) is 156 cm³/mol. The number of anilines is 1. The van der Waals surface area contributed by atoms with Gasteiger partial charge in [0.05, 0.1) is 25.9 Å². The van der Waals surface area contributed by atoms with Gasteiger partial charge in [-0.2, -0.15) is 5.10 Å². The Hall–Kier alpha value is -5.21. The van der Waals surface area contributed by atoms with Crippen molar-refractivity contribution in [2.24, 2.45) is 7.05 Å². The van der Waals surface area contributed by atoms with Gasteiger partial charge in [0, 0.05) is 42.7 Å². The molecule has 41 heavy (non-hydrogen) atoms. The van der Waals surface area contributed by atoms with E-state index in [4.69, 9.17) is 4.74 Å². The minimum atomic E-state index is -3.27. The molecule has 0 aliphatic heterocycles. The summed E-state index contributed by atoms with van der Waals surface area (Å²) in [5.41, 5.74) is 2.94. The maximum atomic E-state index is 13.2. The van der Waals surface area contributed by atoms with Crippen LogP contribution in [0.2, 0.25) is 0 Å². The number of aromatic nitrogens is 3. The van der Waals surface area contributed by atoms with Gasteiger partial charge < -0.3 is 10.1 Å². The highest BCUT2D eigenvalue weighted by Crippen LogP contribution is 2.19. The molecule has 0 spiro atoms. The normalized spacial score (nSPS) is 11.9. The molecule has 1 unspecified atom stereocenters. The molecule has 0 saturated carbocycles. The molecule has 4 aromatic rings. The monoisotopic (exact) mass is 569 g/mol. The molecule has 4 rings (SSSR count). The number of benzene rings is 2. The predicted octanol–water partition coefficient (Wildman–Crippen LogP) is 3.51. The lowest BCUT2D eigenvalue weighted by molar-refractivity contribution is -0.134. The van der Waals surface area contributed by atoms with E-state index in [1.165, 1.54) is 35.3 Å². The molecule has 0 aliphatic carbocycles. The molecule has 0 aliphatic rings. The topological polar surface area (TPSA) is 132 Å². The number of carbonyl (C=O) groups excluding carboxylic acids is 3. The van der Waals surface area contributed by atoms with Crippen LogP contribution < -0.4 is 14.8 Å². The first kappa shape index (κ1) is 28.8. The van der Waals surface area contributed by atoms with Crippen LogP contribution in [0.25, 0.3) is 0 Å². The van der Waals surface area contributed by atoms with Gasteiger partial charge in [0.2, 0.25) is 0 Å². The van der Waals surface area contributed by atoms with Crippen molar-refractivity contribution in [3.63, 3.8) is 0 Å². The van der Waals surface area contributed by atoms with Crippen molar-refractivity contribution in [1.82, 2.24) is 19.5 Å². The summed E-state index contributed by atoms with van der Waals surface area (Å²) in [7, 11) is -1.57. The number of nitrogens with one attached hydrogen (secondary N) is 2. The van der Waals surface area contributed by atoms with Crippen LogP contribution >= 0.6 is 0 Å². The van der Waals surface area contributed by atoms with Crippen molar-refractivity contribution in [1.29, 1.82) is 0 Å². The zero-order chi connectivity index (χ0) is 29.6. The molecule has 0 saturated heterocycles. The van der Waals surface area contributed by atoms with Crippen molar-refractivity contribution in [2.45, 2.75) is 25.2 Å². The molecule has 0 radical (unpaired) electrons. The summed E-state index contributed by atoms with van der Waals surface area (Å²) in [6.07, 6.45) is 3.00. The van der Waals surface area contributed by atoms with Gasteiger partial charge in [-0.3, -0.25) is 28.8 Å². The van der Waals surface area contributed by atoms with Crippen LogP contribution in [0, 0.1) is 18.8 Å². The maximum Gasteiger partial charge on any atom is 0.310 e. The molecule has 2 N–H and O–H groups in total. The summed E-state index contributed by atoms with van der Waals surface area (Å²) < 4.78 is 22.3. The molecule has 0 fully saturated rings. The largest absolute Gasteiger partial charge is 0.426 e. The molecule has 1 atom stereocenters. The molecule has 11 heteroatoms. The van der Waals surface area contributed by atoms with E-state index in [-0.39, 0.29) is 28.5 Å². The lowest BCUT2D eigenvalue weighted by atomic mass is 10.1. The fourth-order valence-corrected chi connectivity index (χ4v) is 4.82. The average molecular weight is 570 g/mol. The van der Waals surface area contributed by atoms with Crippen LogP contribution in [0.1, 0.15) is 51.0 Å². The Morgan fingerprint density at radius 2 is 1.76 bits per heavy atom. The number of aryl methyl sites for hydroxylation is 2. The van der Waals surface area contributed by atoms with Crippen LogP contribution in [0.15, 0.2) is 78.0 Å². The van der Waals surface area contributed by atoms with Crippen LogP contribution in [0.5, 0.6) is 5.75 Å². The first-order chi connectivity index (χ1) is 19.5. The van der Waals surface area contributed by atoms with E-state index in [0.29, 0.717) is 22.5 Å². The van der Waals surface area contributed by atoms with E-state index in [1.807, 2.05) is 6.92 Å². The summed E-state index contributed by atoms with van der Waals surface area (Å²) in [5.74, 6) is 8.42. The number of amides is 2. The van der Waals surface area contributed by atoms with E-state index in [0.717, 1.165) is 5.69 Å². The summed E-state index contributed by atoms with van der Waals surface area (Å²) in [5, 5.41) is 7.02. The van der Waals surface area contributed by atoms with Crippen molar-refractivity contribution in [3.8, 4) is 17.6 Å². The van der Waals surface area contributed by atoms with E-state index >= 15 is 0 Å². The number of rotatable bonds is 7. The molecule has 2 heterocycles. The molecule has 0 bridgehead atoms. The highest BCUT2D eigenvalue weighted by Gasteiger charge is 2.16. The zero-order valence-corrected chi connectivity index (χ0v) is 23.5. The number of ether oxygens (including phenoxy) is 1. The van der Waals surface area contributed by atoms with Crippen LogP contribution in [0.3, 0.4) is 0 Å². The lowest BCUT2D eigenvalue weighted by Crippen LogP contribution is -2.30. The first-order valence-electron chi connectivity index (χ1n) is 12.4. The third-order valence-electron chi connectivity index (χ3n) is 5.67. The summed E-state index contributed by atoms with van der Waals surface area (Å²) in [6.45, 7) is 3.47. The van der Waals surface area contributed by atoms with Gasteiger partial charge in [-0.25, -0.2) is 4.21 Å². The summed E-state index contributed by atoms with van der Waals surface area (Å²) in [6, 6.07) is 16.3. The Bertz CT molecular complexity index is 1820. The number of hydrogen-bond donors (Lipinski definition) is 2. The van der Waals surface area contributed by atoms with Gasteiger partial charge in [0.15, 0.2) is 0 Å². The van der Waals surface area contributed by atoms with Gasteiger partial charge in [-0.15, -0.1) is 0 Å². The second kappa shape index (κ2) is 12.3. The Labute approximate surface area is 237 Å². The molecule has 2 aromatic heterocycles. The van der Waals surface area contributed by atoms with Crippen LogP contribution in [-0.4, -0.2) is 42.6 Å². The number of nitrogens with zero attached hydrogens (tertiary/aromatic N) is 3. The van der Waals surface area contributed by atoms with E-state index in [9.17, 15) is 18.6 Å². The van der Waals surface area contributed by atoms with Crippen molar-refractivity contribution < 1.29 is 23.3 Å². The van der Waals surface area contributed by atoms with Gasteiger partial charge in [-0.05, 0) is 61.3 Å². The third-order valence-corrected chi connectivity index (χ3v) is 7.20. The Morgan fingerprint density at radius 1 is 1.00 bits per heavy atom. The number of carbonyl (C=O) groups is 3. The molecule has 10 nitrogen and oxygen atoms in total. The lowest BCUT2D eigenvalue weighted by Gasteiger charge is -2.13. The Morgan fingerprint density at radius 3 is 2.49 bits per heavy atom. The fraction of sp³-hybridized carbons (Fsp3) is 0.133. The molecular formula is C30H27N5O5S. The highest BCUT2D eigenvalue weighted by molar-refractivity contribution is 7.99. The molecule has 2 aromatic carbocycles. The van der Waals surface area contributed by atoms with E-state index in [1.54, 1.807) is 56.4 Å². The minimum absolute atomic E-state index is 0.134. The smallest absolute Gasteiger partial charge is 0.310 e. The zero-order valence-electron chi connectivity index (χ0n) is 22.6. The summed E-state index contributed by atoms with van der Waals surface area (Å²) >= 11 is 0. The Balaban J connectivity index is 1.46. The maximum absolute atomic E-state index is 13.2. The number of pyridine rings is 1. The fourth-order valence-electron chi connectivity index (χ4n) is 3.68. The van der Waals surface area contributed by atoms with Crippen molar-refractivity contribution in [2.75, 3.05) is 5.32 Å². The minimum Gasteiger partial charge on any atom is -0.426 e. The molecule has 2 amide bonds. The van der Waals surface area contributed by atoms with Gasteiger partial charge in [0.25, 0.3) is 11.8 Å². The average Bonchev–Trinajstić information content (AvgIpc) is 3.29. The molecular weight excluding hydrogens is 542 g/mol. The second-order valence-electron chi connectivity index (χ2n) is 8.95. The summed E-state index contributed by atoms with van der Waals surface area (Å²) in [4.78, 5) is 41.4. The number of hydrogen-bond acceptors (Lipinski definition) is 7. The van der Waals surface area contributed by atoms with Crippen molar-refractivity contribution >= 4 is 39.0 Å². The SMILES string of the molecule is C=S(=O)(NC(=O)c1cncc(C#Cc2cccc(NC(=O)c3cc(C)nn3C)c2)c1)c1cccc(OC(=O)CC)c1.